The van der Waals surface area contributed by atoms with Gasteiger partial charge >= 0.3 is 11.0 Å². The van der Waals surface area contributed by atoms with Crippen LogP contribution in [0.15, 0.2) is 31.7 Å². The monoisotopic (exact) mass is 525 g/mol. The number of oxime groups is 1. The Morgan fingerprint density at radius 1 is 1.50 bits per heavy atom. The molecule has 1 saturated heterocycles. The number of nitrogens with one attached hydrogen (secondary N) is 1. The normalized spacial score (nSPS) is 20.0. The second kappa shape index (κ2) is 9.35. The highest BCUT2D eigenvalue weighted by Gasteiger charge is 2.54. The van der Waals surface area contributed by atoms with Crippen LogP contribution < -0.4 is 11.1 Å². The van der Waals surface area contributed by atoms with Crippen molar-refractivity contribution in [3.63, 3.8) is 0 Å². The Hall–Kier alpha value is -3.57. The van der Waals surface area contributed by atoms with Crippen LogP contribution >= 0.6 is 34.4 Å². The highest BCUT2D eigenvalue weighted by Crippen LogP contribution is 2.44. The van der Waals surface area contributed by atoms with Gasteiger partial charge in [0.2, 0.25) is 0 Å². The molecule has 14 nitrogen and oxygen atoms in total. The minimum absolute atomic E-state index is 0.173. The van der Waals surface area contributed by atoms with Crippen molar-refractivity contribution in [3.05, 3.63) is 38.0 Å². The number of hydrogen-bond acceptors (Lipinski definition) is 13. The van der Waals surface area contributed by atoms with Crippen molar-refractivity contribution in [2.45, 2.75) is 29.3 Å². The maximum absolute atomic E-state index is 12.9. The topological polar surface area (TPSA) is 203 Å². The number of thioether (sulfide) groups is 1. The summed E-state index contributed by atoms with van der Waals surface area (Å²) in [6.07, 6.45) is 1.74. The van der Waals surface area contributed by atoms with Crippen molar-refractivity contribution in [1.82, 2.24) is 20.2 Å². The first-order chi connectivity index (χ1) is 16.2. The number of carboxylic acid groups (broad SMARTS) is 1. The number of aromatic nitrogens is 2. The molecule has 0 spiro atoms. The van der Waals surface area contributed by atoms with E-state index in [0.29, 0.717) is 15.7 Å². The molecule has 17 heteroatoms. The van der Waals surface area contributed by atoms with Gasteiger partial charge in [-0.1, -0.05) is 16.9 Å². The van der Waals surface area contributed by atoms with Gasteiger partial charge < -0.3 is 21.0 Å². The number of anilines is 1. The molecule has 2 aliphatic heterocycles. The van der Waals surface area contributed by atoms with Gasteiger partial charge in [-0.05, 0) is 24.2 Å². The first kappa shape index (κ1) is 23.6. The number of nitrogens with zero attached hydrogens (tertiary/aromatic N) is 5. The van der Waals surface area contributed by atoms with E-state index in [1.165, 1.54) is 12.5 Å². The number of fused-ring (bicyclic) bond motifs is 1. The third kappa shape index (κ3) is 4.31. The first-order valence-corrected chi connectivity index (χ1v) is 11.9. The summed E-state index contributed by atoms with van der Waals surface area (Å²) in [5, 5.41) is 28.4. The van der Waals surface area contributed by atoms with Gasteiger partial charge in [-0.2, -0.15) is 0 Å². The number of rotatable bonds is 8. The molecule has 2 aromatic heterocycles. The molecule has 0 aromatic carbocycles. The number of carbonyl (C=O) groups is 3. The van der Waals surface area contributed by atoms with Crippen LogP contribution in [0.4, 0.5) is 10.1 Å². The van der Waals surface area contributed by atoms with Gasteiger partial charge in [0.25, 0.3) is 11.8 Å². The zero-order valence-corrected chi connectivity index (χ0v) is 19.6. The highest BCUT2D eigenvalue weighted by molar-refractivity contribution is 8.04. The summed E-state index contributed by atoms with van der Waals surface area (Å²) in [6, 6.07) is -1.55. The predicted molar refractivity (Wildman–Crippen MR) is 121 cm³/mol. The van der Waals surface area contributed by atoms with E-state index in [1.54, 1.807) is 0 Å². The van der Waals surface area contributed by atoms with Gasteiger partial charge in [-0.15, -0.1) is 11.3 Å². The van der Waals surface area contributed by atoms with Crippen molar-refractivity contribution < 1.29 is 29.3 Å². The SMILES string of the molecule is CO/N=C(\C(=O)N[C@@H]1C(=O)N2C(C(=O)O)=C(Sc3ncc([N+](=O)[O-])s3)CC[C@H]12)c1csc(N)n1. The smallest absolute Gasteiger partial charge is 0.353 e. The summed E-state index contributed by atoms with van der Waals surface area (Å²) in [7, 11) is 1.25. The number of carboxylic acids is 1. The van der Waals surface area contributed by atoms with Crippen molar-refractivity contribution in [2.24, 2.45) is 5.16 Å². The van der Waals surface area contributed by atoms with Gasteiger partial charge in [0.05, 0.1) is 11.0 Å². The Labute approximate surface area is 202 Å². The summed E-state index contributed by atoms with van der Waals surface area (Å²) < 4.78 is 0.291. The van der Waals surface area contributed by atoms with Crippen LogP contribution in [-0.2, 0) is 19.2 Å². The molecule has 34 heavy (non-hydrogen) atoms. The average molecular weight is 526 g/mol. The van der Waals surface area contributed by atoms with Crippen LogP contribution in [0, 0.1) is 10.1 Å². The minimum Gasteiger partial charge on any atom is -0.477 e. The van der Waals surface area contributed by atoms with Crippen LogP contribution in [0.5, 0.6) is 0 Å². The number of nitrogens with two attached hydrogens (primary N) is 1. The molecule has 0 radical (unpaired) electrons. The predicted octanol–water partition coefficient (Wildman–Crippen LogP) is 1.02. The molecule has 0 bridgehead atoms. The summed E-state index contributed by atoms with van der Waals surface area (Å²) in [5.74, 6) is -2.65. The molecule has 4 heterocycles. The van der Waals surface area contributed by atoms with E-state index < -0.39 is 34.8 Å². The number of allylic oxidation sites excluding steroid dienone is 1. The van der Waals surface area contributed by atoms with E-state index in [9.17, 15) is 29.6 Å². The quantitative estimate of drug-likeness (QED) is 0.192. The number of hydrogen-bond donors (Lipinski definition) is 3. The Bertz CT molecular complexity index is 1250. The van der Waals surface area contributed by atoms with Gasteiger partial charge in [0.15, 0.2) is 15.2 Å². The number of nitrogen functional groups attached to an aromatic ring is 1. The molecule has 178 valence electrons. The highest BCUT2D eigenvalue weighted by atomic mass is 32.2. The van der Waals surface area contributed by atoms with E-state index in [0.717, 1.165) is 45.5 Å². The zero-order valence-electron chi connectivity index (χ0n) is 17.2. The van der Waals surface area contributed by atoms with E-state index in [4.69, 9.17) is 10.6 Å². The second-order valence-corrected chi connectivity index (χ2v) is 10.1. The molecule has 4 N–H and O–H groups in total. The summed E-state index contributed by atoms with van der Waals surface area (Å²) in [4.78, 5) is 62.0. The summed E-state index contributed by atoms with van der Waals surface area (Å²) >= 11 is 2.89. The molecule has 1 fully saturated rings. The minimum atomic E-state index is -1.32. The number of aliphatic carboxylic acids is 1. The lowest BCUT2D eigenvalue weighted by Crippen LogP contribution is -2.72. The summed E-state index contributed by atoms with van der Waals surface area (Å²) in [5.41, 5.74) is 5.38. The average Bonchev–Trinajstić information content (AvgIpc) is 3.44. The number of nitro groups is 1. The van der Waals surface area contributed by atoms with Crippen molar-refractivity contribution in [3.8, 4) is 0 Å². The fourth-order valence-corrected chi connectivity index (χ4v) is 6.07. The van der Waals surface area contributed by atoms with Crippen molar-refractivity contribution in [2.75, 3.05) is 12.8 Å². The molecular weight excluding hydrogens is 510 g/mol. The number of carbonyl (C=O) groups excluding carboxylic acids is 2. The molecule has 2 aromatic rings. The molecule has 4 rings (SSSR count). The summed E-state index contributed by atoms with van der Waals surface area (Å²) in [6.45, 7) is 0. The standard InChI is InChI=1S/C17H15N7O7S3/c1-31-22-10(6-5-32-16(18)20-6)13(25)21-11-7-2-3-8(12(15(27)28)23(7)14(11)26)33-17-19-4-9(34-17)24(29)30/h4-5,7,11H,2-3H2,1H3,(H2,18,20)(H,21,25)(H,27,28)/b22-10-/t7-,11+/m1/s1. The Kier molecular flexibility index (Phi) is 6.49. The molecule has 0 aliphatic carbocycles. The van der Waals surface area contributed by atoms with Crippen molar-refractivity contribution in [1.29, 1.82) is 0 Å². The number of β-lactam (4-membered cyclic amide) rings is 1. The molecular formula is C17H15N7O7S3. The lowest BCUT2D eigenvalue weighted by molar-refractivity contribution is -0.380. The first-order valence-electron chi connectivity index (χ1n) is 9.42. The fraction of sp³-hybridized carbons (Fsp3) is 0.294. The van der Waals surface area contributed by atoms with Crippen LogP contribution in [-0.4, -0.2) is 67.6 Å². The Balaban J connectivity index is 1.53. The van der Waals surface area contributed by atoms with E-state index >= 15 is 0 Å². The molecule has 2 amide bonds. The number of thiazole rings is 2. The van der Waals surface area contributed by atoms with E-state index in [1.807, 2.05) is 0 Å². The van der Waals surface area contributed by atoms with Crippen LogP contribution in [0.25, 0.3) is 0 Å². The molecule has 2 atom stereocenters. The van der Waals surface area contributed by atoms with Gasteiger partial charge in [0, 0.05) is 10.3 Å². The maximum Gasteiger partial charge on any atom is 0.353 e. The van der Waals surface area contributed by atoms with E-state index in [-0.39, 0.29) is 33.7 Å². The van der Waals surface area contributed by atoms with Gasteiger partial charge in [-0.25, -0.2) is 14.8 Å². The van der Waals surface area contributed by atoms with Crippen LogP contribution in [0.3, 0.4) is 0 Å². The number of amides is 2. The Morgan fingerprint density at radius 2 is 2.26 bits per heavy atom. The molecule has 0 saturated carbocycles. The van der Waals surface area contributed by atoms with Gasteiger partial charge in [-0.3, -0.25) is 24.6 Å². The molecule has 2 aliphatic rings. The zero-order chi connectivity index (χ0) is 24.6. The largest absolute Gasteiger partial charge is 0.477 e. The third-order valence-corrected chi connectivity index (χ3v) is 7.75. The fourth-order valence-electron chi connectivity index (χ4n) is 3.52. The molecule has 0 unspecified atom stereocenters. The van der Waals surface area contributed by atoms with Crippen LogP contribution in [0.2, 0.25) is 0 Å². The Morgan fingerprint density at radius 3 is 2.85 bits per heavy atom. The lowest BCUT2D eigenvalue weighted by Gasteiger charge is -2.49. The van der Waals surface area contributed by atoms with Crippen LogP contribution in [0.1, 0.15) is 18.5 Å². The van der Waals surface area contributed by atoms with Gasteiger partial charge in [0.1, 0.15) is 30.7 Å². The van der Waals surface area contributed by atoms with Crippen molar-refractivity contribution >= 4 is 68.1 Å². The van der Waals surface area contributed by atoms with E-state index in [2.05, 4.69) is 20.4 Å². The second-order valence-electron chi connectivity index (χ2n) is 6.86. The third-order valence-electron chi connectivity index (χ3n) is 4.91. The maximum atomic E-state index is 12.9. The lowest BCUT2D eigenvalue weighted by atomic mass is 9.86.